The van der Waals surface area contributed by atoms with E-state index >= 15 is 0 Å². The summed E-state index contributed by atoms with van der Waals surface area (Å²) >= 11 is 0. The zero-order chi connectivity index (χ0) is 8.85. The Morgan fingerprint density at radius 2 is 1.91 bits per heavy atom. The van der Waals surface area contributed by atoms with Crippen LogP contribution in [0.3, 0.4) is 0 Å². The summed E-state index contributed by atoms with van der Waals surface area (Å²) in [5.74, 6) is 0.450. The average molecular weight is 156 g/mol. The Hall–Kier alpha value is -1.06. The summed E-state index contributed by atoms with van der Waals surface area (Å²) in [4.78, 5) is 0. The fourth-order valence-corrected chi connectivity index (χ4v) is 0.531. The van der Waals surface area contributed by atoms with Crippen LogP contribution in [-0.4, -0.2) is 11.7 Å². The minimum atomic E-state index is 0.00709. The van der Waals surface area contributed by atoms with E-state index in [0.717, 1.165) is 12.1 Å². The Bertz CT molecular complexity index is 167. The van der Waals surface area contributed by atoms with E-state index in [-0.39, 0.29) is 5.96 Å². The molecule has 0 aliphatic carbocycles. The summed E-state index contributed by atoms with van der Waals surface area (Å²) < 4.78 is 0. The summed E-state index contributed by atoms with van der Waals surface area (Å²) in [5.41, 5.74) is 11.2. The molecule has 0 saturated carbocycles. The van der Waals surface area contributed by atoms with Crippen molar-refractivity contribution in [2.24, 2.45) is 27.6 Å². The number of nitrogens with zero attached hydrogens (tertiary/aromatic N) is 2. The average Bonchev–Trinajstić information content (AvgIpc) is 1.98. The molecule has 0 aliphatic heterocycles. The number of nitrogens with two attached hydrogens (primary N) is 2. The maximum absolute atomic E-state index is 5.10. The summed E-state index contributed by atoms with van der Waals surface area (Å²) in [6, 6.07) is 0. The van der Waals surface area contributed by atoms with Crippen LogP contribution in [0.4, 0.5) is 0 Å². The highest BCUT2D eigenvalue weighted by molar-refractivity contribution is 5.85. The van der Waals surface area contributed by atoms with Crippen LogP contribution in [0.15, 0.2) is 10.2 Å². The molecule has 1 atom stereocenters. The summed E-state index contributed by atoms with van der Waals surface area (Å²) in [7, 11) is 0. The van der Waals surface area contributed by atoms with Gasteiger partial charge < -0.3 is 11.5 Å². The van der Waals surface area contributed by atoms with E-state index in [0.29, 0.717) is 5.92 Å². The predicted octanol–water partition coefficient (Wildman–Crippen LogP) is 0.682. The molecule has 4 nitrogen and oxygen atoms in total. The van der Waals surface area contributed by atoms with Gasteiger partial charge in [-0.05, 0) is 19.3 Å². The van der Waals surface area contributed by atoms with E-state index in [4.69, 9.17) is 11.5 Å². The molecule has 0 aromatic carbocycles. The van der Waals surface area contributed by atoms with Crippen LogP contribution in [0.5, 0.6) is 0 Å². The van der Waals surface area contributed by atoms with Gasteiger partial charge in [0.05, 0.1) is 0 Å². The lowest BCUT2D eigenvalue weighted by Gasteiger charge is -2.04. The molecule has 0 fully saturated rings. The van der Waals surface area contributed by atoms with Gasteiger partial charge in [0, 0.05) is 5.71 Å². The molecule has 0 rings (SSSR count). The van der Waals surface area contributed by atoms with Gasteiger partial charge in [0.2, 0.25) is 5.96 Å². The molecule has 0 aromatic heterocycles. The maximum Gasteiger partial charge on any atom is 0.211 e. The number of rotatable bonds is 3. The van der Waals surface area contributed by atoms with Crippen LogP contribution < -0.4 is 11.5 Å². The Morgan fingerprint density at radius 3 is 2.27 bits per heavy atom. The monoisotopic (exact) mass is 156 g/mol. The molecular weight excluding hydrogens is 140 g/mol. The number of hydrogen-bond acceptors (Lipinski definition) is 2. The zero-order valence-electron chi connectivity index (χ0n) is 7.33. The van der Waals surface area contributed by atoms with Crippen molar-refractivity contribution in [1.29, 1.82) is 0 Å². The van der Waals surface area contributed by atoms with E-state index in [9.17, 15) is 0 Å². The third kappa shape index (κ3) is 4.36. The van der Waals surface area contributed by atoms with Gasteiger partial charge >= 0.3 is 0 Å². The molecule has 0 saturated heterocycles. The summed E-state index contributed by atoms with van der Waals surface area (Å²) in [6.45, 7) is 6.10. The van der Waals surface area contributed by atoms with Crippen molar-refractivity contribution in [1.82, 2.24) is 0 Å². The third-order valence-corrected chi connectivity index (χ3v) is 1.65. The molecule has 0 spiro atoms. The SMILES string of the molecule is CCC(C)/C(C)=N/N=C(N)N. The van der Waals surface area contributed by atoms with Crippen LogP contribution in [-0.2, 0) is 0 Å². The molecule has 0 amide bonds. The predicted molar refractivity (Wildman–Crippen MR) is 48.4 cm³/mol. The fourth-order valence-electron chi connectivity index (χ4n) is 0.531. The lowest BCUT2D eigenvalue weighted by molar-refractivity contribution is 0.732. The normalized spacial score (nSPS) is 14.3. The Kier molecular flexibility index (Phi) is 4.26. The zero-order valence-corrected chi connectivity index (χ0v) is 7.33. The lowest BCUT2D eigenvalue weighted by Crippen LogP contribution is -2.22. The number of hydrogen-bond donors (Lipinski definition) is 2. The van der Waals surface area contributed by atoms with Gasteiger partial charge in [0.25, 0.3) is 0 Å². The van der Waals surface area contributed by atoms with Crippen molar-refractivity contribution < 1.29 is 0 Å². The van der Waals surface area contributed by atoms with E-state index < -0.39 is 0 Å². The van der Waals surface area contributed by atoms with Crippen molar-refractivity contribution in [3.63, 3.8) is 0 Å². The van der Waals surface area contributed by atoms with Crippen molar-refractivity contribution in [2.45, 2.75) is 27.2 Å². The van der Waals surface area contributed by atoms with Crippen molar-refractivity contribution in [3.8, 4) is 0 Å². The molecule has 4 N–H and O–H groups in total. The second-order valence-corrected chi connectivity index (χ2v) is 2.58. The molecular formula is C7H16N4. The second kappa shape index (κ2) is 4.71. The molecule has 1 unspecified atom stereocenters. The van der Waals surface area contributed by atoms with Crippen LogP contribution in [0.1, 0.15) is 27.2 Å². The standard InChI is InChI=1S/C7H16N4/c1-4-5(2)6(3)10-11-7(8)9/h5H,4H2,1-3H3,(H4,8,9,11)/b10-6+. The van der Waals surface area contributed by atoms with Crippen LogP contribution >= 0.6 is 0 Å². The van der Waals surface area contributed by atoms with E-state index in [2.05, 4.69) is 24.1 Å². The third-order valence-electron chi connectivity index (χ3n) is 1.65. The van der Waals surface area contributed by atoms with Crippen LogP contribution in [0.25, 0.3) is 0 Å². The smallest absolute Gasteiger partial charge is 0.211 e. The summed E-state index contributed by atoms with van der Waals surface area (Å²) in [6.07, 6.45) is 1.05. The van der Waals surface area contributed by atoms with Gasteiger partial charge in [-0.2, -0.15) is 5.10 Å². The first-order chi connectivity index (χ1) is 5.07. The highest BCUT2D eigenvalue weighted by Crippen LogP contribution is 2.03. The van der Waals surface area contributed by atoms with Crippen molar-refractivity contribution in [2.75, 3.05) is 0 Å². The minimum Gasteiger partial charge on any atom is -0.369 e. The molecule has 0 aromatic rings. The number of guanidine groups is 1. The maximum atomic E-state index is 5.10. The van der Waals surface area contributed by atoms with Crippen LogP contribution in [0, 0.1) is 5.92 Å². The molecule has 0 radical (unpaired) electrons. The van der Waals surface area contributed by atoms with Gasteiger partial charge in [-0.15, -0.1) is 5.10 Å². The fraction of sp³-hybridized carbons (Fsp3) is 0.714. The lowest BCUT2D eigenvalue weighted by atomic mass is 10.1. The highest BCUT2D eigenvalue weighted by Gasteiger charge is 2.00. The Morgan fingerprint density at radius 1 is 1.36 bits per heavy atom. The molecule has 0 bridgehead atoms. The van der Waals surface area contributed by atoms with Crippen molar-refractivity contribution in [3.05, 3.63) is 0 Å². The first-order valence-corrected chi connectivity index (χ1v) is 3.71. The minimum absolute atomic E-state index is 0.00709. The van der Waals surface area contributed by atoms with Gasteiger partial charge in [0.1, 0.15) is 0 Å². The molecule has 11 heavy (non-hydrogen) atoms. The molecule has 64 valence electrons. The van der Waals surface area contributed by atoms with Gasteiger partial charge in [-0.25, -0.2) is 0 Å². The summed E-state index contributed by atoms with van der Waals surface area (Å²) in [5, 5.41) is 7.40. The van der Waals surface area contributed by atoms with E-state index in [1.807, 2.05) is 6.92 Å². The Balaban J connectivity index is 4.11. The first kappa shape index (κ1) is 9.94. The first-order valence-electron chi connectivity index (χ1n) is 3.71. The Labute approximate surface area is 67.4 Å². The quantitative estimate of drug-likeness (QED) is 0.358. The van der Waals surface area contributed by atoms with Gasteiger partial charge in [-0.1, -0.05) is 13.8 Å². The topological polar surface area (TPSA) is 76.8 Å². The molecule has 0 aliphatic rings. The van der Waals surface area contributed by atoms with E-state index in [1.54, 1.807) is 0 Å². The van der Waals surface area contributed by atoms with Gasteiger partial charge in [-0.3, -0.25) is 0 Å². The van der Waals surface area contributed by atoms with Crippen LogP contribution in [0.2, 0.25) is 0 Å². The highest BCUT2D eigenvalue weighted by atomic mass is 15.3. The van der Waals surface area contributed by atoms with Gasteiger partial charge in [0.15, 0.2) is 0 Å². The van der Waals surface area contributed by atoms with Crippen molar-refractivity contribution >= 4 is 11.7 Å². The van der Waals surface area contributed by atoms with E-state index in [1.165, 1.54) is 0 Å². The molecule has 4 heteroatoms. The molecule has 0 heterocycles. The largest absolute Gasteiger partial charge is 0.369 e. The second-order valence-electron chi connectivity index (χ2n) is 2.58.